The average molecular weight is 333 g/mol. The molecule has 0 spiro atoms. The van der Waals surface area contributed by atoms with Gasteiger partial charge in [-0.3, -0.25) is 4.79 Å². The smallest absolute Gasteiger partial charge is 0.253 e. The van der Waals surface area contributed by atoms with Crippen molar-refractivity contribution in [3.8, 4) is 0 Å². The highest BCUT2D eigenvalue weighted by molar-refractivity contribution is 6.37. The molecule has 4 nitrogen and oxygen atoms in total. The van der Waals surface area contributed by atoms with Gasteiger partial charge < -0.3 is 15.8 Å². The number of carbonyl (C=O) groups is 1. The molecule has 0 saturated heterocycles. The molecule has 0 aliphatic carbocycles. The number of carbonyl (C=O) groups excluding carboxylic acids is 1. The molecule has 0 saturated carbocycles. The van der Waals surface area contributed by atoms with Gasteiger partial charge in [-0.25, -0.2) is 0 Å². The topological polar surface area (TPSA) is 64.3 Å². The molecule has 0 aromatic heterocycles. The van der Waals surface area contributed by atoms with Crippen molar-refractivity contribution in [2.75, 3.05) is 17.7 Å². The predicted octanol–water partition coefficient (Wildman–Crippen LogP) is 4.50. The van der Waals surface area contributed by atoms with Crippen molar-refractivity contribution in [2.45, 2.75) is 45.6 Å². The summed E-state index contributed by atoms with van der Waals surface area (Å²) in [6.45, 7) is 4.42. The molecule has 0 radical (unpaired) electrons. The Hall–Kier alpha value is -0.970. The number of nitrogen functional groups attached to an aromatic ring is 1. The molecule has 1 rings (SSSR count). The fourth-order valence-corrected chi connectivity index (χ4v) is 2.37. The molecule has 0 bridgehead atoms. The number of anilines is 2. The minimum Gasteiger partial charge on any atom is -0.397 e. The van der Waals surface area contributed by atoms with Gasteiger partial charge in [-0.15, -0.1) is 0 Å². The van der Waals surface area contributed by atoms with E-state index < -0.39 is 6.10 Å². The minimum atomic E-state index is -0.558. The van der Waals surface area contributed by atoms with Crippen molar-refractivity contribution < 1.29 is 9.53 Å². The van der Waals surface area contributed by atoms with E-state index in [1.807, 2.05) is 0 Å². The lowest BCUT2D eigenvalue weighted by molar-refractivity contribution is -0.126. The number of unbranched alkanes of at least 4 members (excludes halogenated alkanes) is 3. The molecule has 1 unspecified atom stereocenters. The van der Waals surface area contributed by atoms with E-state index in [1.54, 1.807) is 13.0 Å². The molecule has 1 atom stereocenters. The Kier molecular flexibility index (Phi) is 7.86. The van der Waals surface area contributed by atoms with Crippen LogP contribution in [0.15, 0.2) is 12.1 Å². The van der Waals surface area contributed by atoms with E-state index >= 15 is 0 Å². The van der Waals surface area contributed by atoms with Crippen LogP contribution in [-0.2, 0) is 9.53 Å². The maximum absolute atomic E-state index is 12.0. The van der Waals surface area contributed by atoms with E-state index in [-0.39, 0.29) is 5.91 Å². The molecule has 21 heavy (non-hydrogen) atoms. The maximum Gasteiger partial charge on any atom is 0.253 e. The summed E-state index contributed by atoms with van der Waals surface area (Å²) in [4.78, 5) is 12.0. The number of hydrogen-bond acceptors (Lipinski definition) is 3. The Balaban J connectivity index is 2.49. The van der Waals surface area contributed by atoms with Crippen LogP contribution < -0.4 is 11.1 Å². The molecule has 0 heterocycles. The Morgan fingerprint density at radius 2 is 2.05 bits per heavy atom. The van der Waals surface area contributed by atoms with Gasteiger partial charge in [0.1, 0.15) is 6.10 Å². The molecule has 1 aromatic carbocycles. The summed E-state index contributed by atoms with van der Waals surface area (Å²) in [6.07, 6.45) is 3.86. The van der Waals surface area contributed by atoms with E-state index in [0.29, 0.717) is 28.0 Å². The van der Waals surface area contributed by atoms with Gasteiger partial charge in [0.2, 0.25) is 0 Å². The Morgan fingerprint density at radius 3 is 2.67 bits per heavy atom. The first-order valence-electron chi connectivity index (χ1n) is 7.12. The van der Waals surface area contributed by atoms with Gasteiger partial charge in [-0.1, -0.05) is 49.4 Å². The predicted molar refractivity (Wildman–Crippen MR) is 89.1 cm³/mol. The SMILES string of the molecule is CCCCCCOC(C)C(=O)Nc1c(N)cc(Cl)cc1Cl. The van der Waals surface area contributed by atoms with E-state index in [4.69, 9.17) is 33.7 Å². The number of amides is 1. The number of rotatable bonds is 8. The molecule has 1 aromatic rings. The van der Waals surface area contributed by atoms with Crippen molar-refractivity contribution in [3.63, 3.8) is 0 Å². The highest BCUT2D eigenvalue weighted by Crippen LogP contribution is 2.32. The second-order valence-electron chi connectivity index (χ2n) is 4.91. The number of hydrogen-bond donors (Lipinski definition) is 2. The van der Waals surface area contributed by atoms with Crippen LogP contribution in [0.3, 0.4) is 0 Å². The summed E-state index contributed by atoms with van der Waals surface area (Å²) < 4.78 is 5.50. The summed E-state index contributed by atoms with van der Waals surface area (Å²) >= 11 is 11.9. The first-order valence-corrected chi connectivity index (χ1v) is 7.88. The van der Waals surface area contributed by atoms with Crippen LogP contribution in [0.4, 0.5) is 11.4 Å². The molecule has 0 fully saturated rings. The second-order valence-corrected chi connectivity index (χ2v) is 5.76. The first-order chi connectivity index (χ1) is 9.95. The van der Waals surface area contributed by atoms with Crippen LogP contribution in [0.1, 0.15) is 39.5 Å². The van der Waals surface area contributed by atoms with Gasteiger partial charge in [0.05, 0.1) is 16.4 Å². The fraction of sp³-hybridized carbons (Fsp3) is 0.533. The van der Waals surface area contributed by atoms with Crippen molar-refractivity contribution in [2.24, 2.45) is 0 Å². The molecule has 3 N–H and O–H groups in total. The van der Waals surface area contributed by atoms with Crippen LogP contribution in [0.5, 0.6) is 0 Å². The summed E-state index contributed by atoms with van der Waals surface area (Å²) in [5.74, 6) is -0.276. The molecule has 0 aliphatic heterocycles. The molecular weight excluding hydrogens is 311 g/mol. The summed E-state index contributed by atoms with van der Waals surface area (Å²) in [6, 6.07) is 3.07. The van der Waals surface area contributed by atoms with E-state index in [1.165, 1.54) is 18.9 Å². The number of benzene rings is 1. The van der Waals surface area contributed by atoms with Crippen molar-refractivity contribution in [1.29, 1.82) is 0 Å². The quantitative estimate of drug-likeness (QED) is 0.544. The largest absolute Gasteiger partial charge is 0.397 e. The zero-order chi connectivity index (χ0) is 15.8. The number of ether oxygens (including phenoxy) is 1. The summed E-state index contributed by atoms with van der Waals surface area (Å²) in [5.41, 5.74) is 6.50. The maximum atomic E-state index is 12.0. The van der Waals surface area contributed by atoms with Gasteiger partial charge in [0, 0.05) is 11.6 Å². The lowest BCUT2D eigenvalue weighted by Crippen LogP contribution is -2.28. The van der Waals surface area contributed by atoms with Gasteiger partial charge in [-0.05, 0) is 25.5 Å². The van der Waals surface area contributed by atoms with E-state index in [9.17, 15) is 4.79 Å². The number of nitrogens with two attached hydrogens (primary N) is 1. The highest BCUT2D eigenvalue weighted by Gasteiger charge is 2.16. The van der Waals surface area contributed by atoms with Crippen molar-refractivity contribution >= 4 is 40.5 Å². The second kappa shape index (κ2) is 9.13. The first kappa shape index (κ1) is 18.1. The van der Waals surface area contributed by atoms with Crippen LogP contribution in [0.25, 0.3) is 0 Å². The zero-order valence-electron chi connectivity index (χ0n) is 12.4. The Morgan fingerprint density at radius 1 is 1.33 bits per heavy atom. The lowest BCUT2D eigenvalue weighted by atomic mass is 10.2. The van der Waals surface area contributed by atoms with E-state index in [0.717, 1.165) is 12.8 Å². The lowest BCUT2D eigenvalue weighted by Gasteiger charge is -2.15. The molecule has 118 valence electrons. The third kappa shape index (κ3) is 6.12. The Bertz CT molecular complexity index is 458. The summed E-state index contributed by atoms with van der Waals surface area (Å²) in [5, 5.41) is 3.41. The van der Waals surface area contributed by atoms with Crippen molar-refractivity contribution in [3.05, 3.63) is 22.2 Å². The standard InChI is InChI=1S/C15H22Cl2N2O2/c1-3-4-5-6-7-21-10(2)15(20)19-14-12(17)8-11(16)9-13(14)18/h8-10H,3-7,18H2,1-2H3,(H,19,20). The van der Waals surface area contributed by atoms with Crippen LogP contribution in [0.2, 0.25) is 10.0 Å². The number of nitrogens with one attached hydrogen (secondary N) is 1. The van der Waals surface area contributed by atoms with Crippen LogP contribution in [-0.4, -0.2) is 18.6 Å². The molecule has 6 heteroatoms. The van der Waals surface area contributed by atoms with Crippen LogP contribution >= 0.6 is 23.2 Å². The monoisotopic (exact) mass is 332 g/mol. The van der Waals surface area contributed by atoms with Gasteiger partial charge in [-0.2, -0.15) is 0 Å². The fourth-order valence-electron chi connectivity index (χ4n) is 1.81. The van der Waals surface area contributed by atoms with Crippen molar-refractivity contribution in [1.82, 2.24) is 0 Å². The van der Waals surface area contributed by atoms with E-state index in [2.05, 4.69) is 12.2 Å². The highest BCUT2D eigenvalue weighted by atomic mass is 35.5. The third-order valence-corrected chi connectivity index (χ3v) is 3.58. The summed E-state index contributed by atoms with van der Waals surface area (Å²) in [7, 11) is 0. The molecular formula is C15H22Cl2N2O2. The van der Waals surface area contributed by atoms with Gasteiger partial charge in [0.25, 0.3) is 5.91 Å². The molecule has 1 amide bonds. The minimum absolute atomic E-state index is 0.276. The zero-order valence-corrected chi connectivity index (χ0v) is 13.9. The van der Waals surface area contributed by atoms with Gasteiger partial charge in [0.15, 0.2) is 0 Å². The Labute approximate surface area is 135 Å². The van der Waals surface area contributed by atoms with Gasteiger partial charge >= 0.3 is 0 Å². The van der Waals surface area contributed by atoms with Crippen LogP contribution in [0, 0.1) is 0 Å². The normalized spacial score (nSPS) is 12.2. The molecule has 0 aliphatic rings. The average Bonchev–Trinajstić information content (AvgIpc) is 2.42. The number of halogens is 2. The third-order valence-electron chi connectivity index (χ3n) is 3.07.